The number of aryl methyl sites for hydroxylation is 1. The SMILES string of the molecule is CCC(O)c1cn(-c2cncc(C)c2)nn1. The molecule has 0 aromatic carbocycles. The summed E-state index contributed by atoms with van der Waals surface area (Å²) in [4.78, 5) is 4.08. The van der Waals surface area contributed by atoms with E-state index in [9.17, 15) is 5.11 Å². The van der Waals surface area contributed by atoms with Gasteiger partial charge in [-0.05, 0) is 25.0 Å². The molecular weight excluding hydrogens is 204 g/mol. The summed E-state index contributed by atoms with van der Waals surface area (Å²) in [6.07, 6.45) is 5.30. The average molecular weight is 218 g/mol. The van der Waals surface area contributed by atoms with E-state index < -0.39 is 6.10 Å². The fraction of sp³-hybridized carbons (Fsp3) is 0.364. The van der Waals surface area contributed by atoms with Crippen molar-refractivity contribution in [1.29, 1.82) is 0 Å². The maximum Gasteiger partial charge on any atom is 0.112 e. The molecule has 0 bridgehead atoms. The van der Waals surface area contributed by atoms with Crippen LogP contribution < -0.4 is 0 Å². The molecule has 0 aliphatic rings. The lowest BCUT2D eigenvalue weighted by molar-refractivity contribution is 0.169. The van der Waals surface area contributed by atoms with Crippen LogP contribution in [-0.4, -0.2) is 25.1 Å². The Morgan fingerprint density at radius 3 is 2.94 bits per heavy atom. The van der Waals surface area contributed by atoms with Crippen LogP contribution >= 0.6 is 0 Å². The molecule has 16 heavy (non-hydrogen) atoms. The van der Waals surface area contributed by atoms with Crippen LogP contribution in [0.15, 0.2) is 24.7 Å². The van der Waals surface area contributed by atoms with Crippen molar-refractivity contribution in [2.24, 2.45) is 0 Å². The minimum absolute atomic E-state index is 0.550. The van der Waals surface area contributed by atoms with E-state index in [0.717, 1.165) is 11.3 Å². The third-order valence-electron chi connectivity index (χ3n) is 2.36. The van der Waals surface area contributed by atoms with Crippen molar-refractivity contribution < 1.29 is 5.11 Å². The fourth-order valence-electron chi connectivity index (χ4n) is 1.43. The van der Waals surface area contributed by atoms with E-state index in [2.05, 4.69) is 15.3 Å². The number of nitrogens with zero attached hydrogens (tertiary/aromatic N) is 4. The minimum atomic E-state index is -0.550. The molecule has 2 aromatic rings. The molecule has 0 amide bonds. The van der Waals surface area contributed by atoms with Crippen molar-refractivity contribution in [1.82, 2.24) is 20.0 Å². The van der Waals surface area contributed by atoms with Gasteiger partial charge in [0.2, 0.25) is 0 Å². The molecule has 2 aromatic heterocycles. The number of aliphatic hydroxyl groups excluding tert-OH is 1. The van der Waals surface area contributed by atoms with E-state index >= 15 is 0 Å². The van der Waals surface area contributed by atoms with Gasteiger partial charge in [-0.25, -0.2) is 4.68 Å². The molecule has 84 valence electrons. The van der Waals surface area contributed by atoms with Crippen LogP contribution in [0.2, 0.25) is 0 Å². The third kappa shape index (κ3) is 2.09. The van der Waals surface area contributed by atoms with E-state index in [1.54, 1.807) is 23.3 Å². The summed E-state index contributed by atoms with van der Waals surface area (Å²) in [6.45, 7) is 3.87. The molecular formula is C11H14N4O. The number of hydrogen-bond acceptors (Lipinski definition) is 4. The quantitative estimate of drug-likeness (QED) is 0.846. The van der Waals surface area contributed by atoms with E-state index in [0.29, 0.717) is 12.1 Å². The molecule has 1 atom stereocenters. The van der Waals surface area contributed by atoms with Gasteiger partial charge in [0.25, 0.3) is 0 Å². The highest BCUT2D eigenvalue weighted by Crippen LogP contribution is 2.14. The van der Waals surface area contributed by atoms with Gasteiger partial charge in [0.05, 0.1) is 24.2 Å². The molecule has 0 saturated carbocycles. The number of rotatable bonds is 3. The molecule has 0 aliphatic heterocycles. The second-order valence-electron chi connectivity index (χ2n) is 3.73. The van der Waals surface area contributed by atoms with Crippen LogP contribution in [0.5, 0.6) is 0 Å². The van der Waals surface area contributed by atoms with Gasteiger partial charge in [-0.1, -0.05) is 12.1 Å². The highest BCUT2D eigenvalue weighted by molar-refractivity contribution is 5.30. The van der Waals surface area contributed by atoms with E-state index in [-0.39, 0.29) is 0 Å². The maximum absolute atomic E-state index is 9.61. The van der Waals surface area contributed by atoms with Crippen molar-refractivity contribution in [2.75, 3.05) is 0 Å². The van der Waals surface area contributed by atoms with Crippen LogP contribution in [0.4, 0.5) is 0 Å². The molecule has 1 N–H and O–H groups in total. The zero-order valence-corrected chi connectivity index (χ0v) is 9.33. The molecule has 2 heterocycles. The molecule has 0 aliphatic carbocycles. The second-order valence-corrected chi connectivity index (χ2v) is 3.73. The molecule has 5 heteroatoms. The molecule has 0 spiro atoms. The standard InChI is InChI=1S/C11H14N4O/c1-3-11(16)10-7-15(14-13-10)9-4-8(2)5-12-6-9/h4-7,11,16H,3H2,1-2H3. The Bertz CT molecular complexity index is 480. The Balaban J connectivity index is 2.31. The van der Waals surface area contributed by atoms with E-state index in [1.165, 1.54) is 0 Å². The van der Waals surface area contributed by atoms with Gasteiger partial charge in [0.1, 0.15) is 5.69 Å². The number of aliphatic hydroxyl groups is 1. The average Bonchev–Trinajstić information content (AvgIpc) is 2.77. The zero-order chi connectivity index (χ0) is 11.5. The number of hydrogen-bond donors (Lipinski definition) is 1. The van der Waals surface area contributed by atoms with Crippen molar-refractivity contribution in [3.05, 3.63) is 35.9 Å². The summed E-state index contributed by atoms with van der Waals surface area (Å²) in [7, 11) is 0. The Labute approximate surface area is 93.8 Å². The van der Waals surface area contributed by atoms with Crippen LogP contribution in [0.25, 0.3) is 5.69 Å². The normalized spacial score (nSPS) is 12.7. The van der Waals surface area contributed by atoms with Gasteiger partial charge in [-0.2, -0.15) is 0 Å². The monoisotopic (exact) mass is 218 g/mol. The topological polar surface area (TPSA) is 63.8 Å². The van der Waals surface area contributed by atoms with E-state index in [4.69, 9.17) is 0 Å². The lowest BCUT2D eigenvalue weighted by Gasteiger charge is -2.01. The molecule has 2 rings (SSSR count). The Kier molecular flexibility index (Phi) is 2.96. The van der Waals surface area contributed by atoms with Gasteiger partial charge in [-0.3, -0.25) is 4.98 Å². The maximum atomic E-state index is 9.61. The first-order valence-electron chi connectivity index (χ1n) is 5.23. The molecule has 1 unspecified atom stereocenters. The van der Waals surface area contributed by atoms with Gasteiger partial charge in [0.15, 0.2) is 0 Å². The molecule has 5 nitrogen and oxygen atoms in total. The Morgan fingerprint density at radius 1 is 1.44 bits per heavy atom. The highest BCUT2D eigenvalue weighted by Gasteiger charge is 2.10. The van der Waals surface area contributed by atoms with Crippen LogP contribution in [0.1, 0.15) is 30.7 Å². The van der Waals surface area contributed by atoms with Gasteiger partial charge >= 0.3 is 0 Å². The lowest BCUT2D eigenvalue weighted by atomic mass is 10.2. The first-order valence-corrected chi connectivity index (χ1v) is 5.23. The fourth-order valence-corrected chi connectivity index (χ4v) is 1.43. The summed E-state index contributed by atoms with van der Waals surface area (Å²) in [5.74, 6) is 0. The summed E-state index contributed by atoms with van der Waals surface area (Å²) >= 11 is 0. The van der Waals surface area contributed by atoms with Gasteiger partial charge in [-0.15, -0.1) is 5.10 Å². The summed E-state index contributed by atoms with van der Waals surface area (Å²) < 4.78 is 1.62. The highest BCUT2D eigenvalue weighted by atomic mass is 16.3. The third-order valence-corrected chi connectivity index (χ3v) is 2.36. The van der Waals surface area contributed by atoms with Crippen LogP contribution in [0.3, 0.4) is 0 Å². The number of pyridine rings is 1. The lowest BCUT2D eigenvalue weighted by Crippen LogP contribution is -1.96. The van der Waals surface area contributed by atoms with Gasteiger partial charge in [0, 0.05) is 6.20 Å². The molecule has 0 radical (unpaired) electrons. The summed E-state index contributed by atoms with van der Waals surface area (Å²) in [5, 5.41) is 17.5. The van der Waals surface area contributed by atoms with Crippen LogP contribution in [-0.2, 0) is 0 Å². The van der Waals surface area contributed by atoms with Crippen molar-refractivity contribution in [3.8, 4) is 5.69 Å². The van der Waals surface area contributed by atoms with Crippen molar-refractivity contribution in [3.63, 3.8) is 0 Å². The van der Waals surface area contributed by atoms with Crippen molar-refractivity contribution >= 4 is 0 Å². The first-order chi connectivity index (χ1) is 7.70. The van der Waals surface area contributed by atoms with Crippen molar-refractivity contribution in [2.45, 2.75) is 26.4 Å². The smallest absolute Gasteiger partial charge is 0.112 e. The summed E-state index contributed by atoms with van der Waals surface area (Å²) in [5.41, 5.74) is 2.50. The van der Waals surface area contributed by atoms with Gasteiger partial charge < -0.3 is 5.11 Å². The predicted octanol–water partition coefficient (Wildman–Crippen LogP) is 1.41. The van der Waals surface area contributed by atoms with Crippen LogP contribution in [0, 0.1) is 6.92 Å². The van der Waals surface area contributed by atoms with E-state index in [1.807, 2.05) is 19.9 Å². The molecule has 0 saturated heterocycles. The molecule has 0 fully saturated rings. The zero-order valence-electron chi connectivity index (χ0n) is 9.33. The first kappa shape index (κ1) is 10.8. The minimum Gasteiger partial charge on any atom is -0.387 e. The predicted molar refractivity (Wildman–Crippen MR) is 59.1 cm³/mol. The second kappa shape index (κ2) is 4.40. The Hall–Kier alpha value is -1.75. The Morgan fingerprint density at radius 2 is 2.25 bits per heavy atom. The summed E-state index contributed by atoms with van der Waals surface area (Å²) in [6, 6.07) is 1.96. The number of aromatic nitrogens is 4. The largest absolute Gasteiger partial charge is 0.387 e.